The molecule has 19 heavy (non-hydrogen) atoms. The van der Waals surface area contributed by atoms with E-state index in [4.69, 9.17) is 4.74 Å². The van der Waals surface area contributed by atoms with Gasteiger partial charge < -0.3 is 9.84 Å². The molecule has 2 rings (SSSR count). The molecule has 0 aliphatic carbocycles. The number of hydrogen-bond donors (Lipinski definition) is 1. The van der Waals surface area contributed by atoms with Crippen molar-refractivity contribution >= 4 is 27.3 Å². The van der Waals surface area contributed by atoms with Gasteiger partial charge in [0.15, 0.2) is 0 Å². The Morgan fingerprint density at radius 3 is 2.89 bits per heavy atom. The van der Waals surface area contributed by atoms with Gasteiger partial charge >= 0.3 is 0 Å². The highest BCUT2D eigenvalue weighted by Gasteiger charge is 2.12. The van der Waals surface area contributed by atoms with Crippen LogP contribution in [-0.4, -0.2) is 27.6 Å². The van der Waals surface area contributed by atoms with Crippen LogP contribution in [0.4, 0.5) is 0 Å². The average molecular weight is 345 g/mol. The third-order valence-corrected chi connectivity index (χ3v) is 4.81. The van der Waals surface area contributed by atoms with Gasteiger partial charge in [-0.2, -0.15) is 5.10 Å². The van der Waals surface area contributed by atoms with E-state index in [0.29, 0.717) is 19.8 Å². The maximum absolute atomic E-state index is 9.96. The summed E-state index contributed by atoms with van der Waals surface area (Å²) in [5.41, 5.74) is 1.96. The molecule has 1 unspecified atom stereocenters. The molecule has 2 aromatic rings. The largest absolute Gasteiger partial charge is 0.389 e. The van der Waals surface area contributed by atoms with Gasteiger partial charge in [0.2, 0.25) is 0 Å². The van der Waals surface area contributed by atoms with Crippen molar-refractivity contribution in [1.29, 1.82) is 0 Å². The lowest BCUT2D eigenvalue weighted by Crippen LogP contribution is -2.23. The minimum atomic E-state index is -0.551. The smallest absolute Gasteiger partial charge is 0.0969 e. The number of aryl methyl sites for hydroxylation is 1. The van der Waals surface area contributed by atoms with E-state index in [-0.39, 0.29) is 0 Å². The van der Waals surface area contributed by atoms with Gasteiger partial charge in [-0.05, 0) is 41.2 Å². The first kappa shape index (κ1) is 14.7. The SMILES string of the molecule is Cc1nn(CC(O)COCc2cccs2)c(C)c1Br. The van der Waals surface area contributed by atoms with E-state index >= 15 is 0 Å². The fourth-order valence-electron chi connectivity index (χ4n) is 1.80. The van der Waals surface area contributed by atoms with Crippen molar-refractivity contribution in [3.05, 3.63) is 38.3 Å². The Morgan fingerprint density at radius 1 is 1.53 bits per heavy atom. The second-order valence-corrected chi connectivity index (χ2v) is 6.24. The first-order valence-electron chi connectivity index (χ1n) is 6.05. The van der Waals surface area contributed by atoms with Crippen molar-refractivity contribution in [1.82, 2.24) is 9.78 Å². The summed E-state index contributed by atoms with van der Waals surface area (Å²) >= 11 is 5.13. The molecule has 1 atom stereocenters. The van der Waals surface area contributed by atoms with Gasteiger partial charge in [-0.25, -0.2) is 0 Å². The molecule has 1 N–H and O–H groups in total. The van der Waals surface area contributed by atoms with Crippen LogP contribution in [0.2, 0.25) is 0 Å². The third kappa shape index (κ3) is 3.89. The molecule has 2 aromatic heterocycles. The lowest BCUT2D eigenvalue weighted by atomic mass is 10.3. The van der Waals surface area contributed by atoms with Gasteiger partial charge in [0.05, 0.1) is 36.0 Å². The van der Waals surface area contributed by atoms with Crippen LogP contribution in [0.15, 0.2) is 22.0 Å². The number of halogens is 1. The second kappa shape index (κ2) is 6.65. The summed E-state index contributed by atoms with van der Waals surface area (Å²) in [6.07, 6.45) is -0.551. The normalized spacial score (nSPS) is 12.8. The number of aliphatic hydroxyl groups is 1. The Kier molecular flexibility index (Phi) is 5.15. The van der Waals surface area contributed by atoms with Crippen molar-refractivity contribution in [2.24, 2.45) is 0 Å². The van der Waals surface area contributed by atoms with Crippen molar-refractivity contribution in [3.63, 3.8) is 0 Å². The molecular weight excluding hydrogens is 328 g/mol. The molecule has 104 valence electrons. The lowest BCUT2D eigenvalue weighted by Gasteiger charge is -2.12. The van der Waals surface area contributed by atoms with E-state index < -0.39 is 6.10 Å². The van der Waals surface area contributed by atoms with Gasteiger partial charge in [-0.3, -0.25) is 4.68 Å². The zero-order chi connectivity index (χ0) is 13.8. The molecule has 0 amide bonds. The summed E-state index contributed by atoms with van der Waals surface area (Å²) in [5.74, 6) is 0. The van der Waals surface area contributed by atoms with Gasteiger partial charge in [0.25, 0.3) is 0 Å². The molecule has 0 spiro atoms. The number of aromatic nitrogens is 2. The summed E-state index contributed by atoms with van der Waals surface area (Å²) in [4.78, 5) is 1.17. The van der Waals surface area contributed by atoms with Gasteiger partial charge in [0, 0.05) is 10.6 Å². The van der Waals surface area contributed by atoms with E-state index in [0.717, 1.165) is 15.9 Å². The first-order valence-corrected chi connectivity index (χ1v) is 7.73. The number of rotatable bonds is 6. The topological polar surface area (TPSA) is 47.3 Å². The summed E-state index contributed by atoms with van der Waals surface area (Å²) in [6, 6.07) is 4.02. The zero-order valence-electron chi connectivity index (χ0n) is 11.0. The van der Waals surface area contributed by atoms with Crippen LogP contribution in [0.5, 0.6) is 0 Å². The molecule has 0 fully saturated rings. The van der Waals surface area contributed by atoms with Crippen molar-refractivity contribution in [3.8, 4) is 0 Å². The van der Waals surface area contributed by atoms with Crippen LogP contribution in [-0.2, 0) is 17.9 Å². The molecule has 0 radical (unpaired) electrons. The van der Waals surface area contributed by atoms with E-state index in [2.05, 4.69) is 21.0 Å². The Hall–Kier alpha value is -0.690. The molecule has 0 saturated carbocycles. The summed E-state index contributed by atoms with van der Waals surface area (Å²) in [7, 11) is 0. The number of nitrogens with zero attached hydrogens (tertiary/aromatic N) is 2. The number of ether oxygens (including phenoxy) is 1. The zero-order valence-corrected chi connectivity index (χ0v) is 13.4. The van der Waals surface area contributed by atoms with Crippen molar-refractivity contribution in [2.45, 2.75) is 33.1 Å². The number of aliphatic hydroxyl groups excluding tert-OH is 1. The highest BCUT2D eigenvalue weighted by atomic mass is 79.9. The Bertz CT molecular complexity index is 525. The predicted molar refractivity (Wildman–Crippen MR) is 79.4 cm³/mol. The van der Waals surface area contributed by atoms with Gasteiger partial charge in [0.1, 0.15) is 0 Å². The van der Waals surface area contributed by atoms with E-state index in [1.165, 1.54) is 4.88 Å². The highest BCUT2D eigenvalue weighted by molar-refractivity contribution is 9.10. The molecule has 2 heterocycles. The van der Waals surface area contributed by atoms with Crippen LogP contribution in [0.1, 0.15) is 16.3 Å². The fourth-order valence-corrected chi connectivity index (χ4v) is 2.72. The standard InChI is InChI=1S/C13H17BrN2O2S/c1-9-13(14)10(2)16(15-9)6-11(17)7-18-8-12-4-3-5-19-12/h3-5,11,17H,6-8H2,1-2H3. The van der Waals surface area contributed by atoms with Crippen molar-refractivity contribution in [2.75, 3.05) is 6.61 Å². The number of thiophene rings is 1. The van der Waals surface area contributed by atoms with Crippen LogP contribution in [0, 0.1) is 13.8 Å². The van der Waals surface area contributed by atoms with Crippen LogP contribution in [0.25, 0.3) is 0 Å². The summed E-state index contributed by atoms with van der Waals surface area (Å²) in [6.45, 7) is 5.22. The van der Waals surface area contributed by atoms with Gasteiger partial charge in [-0.1, -0.05) is 6.07 Å². The molecular formula is C13H17BrN2O2S. The summed E-state index contributed by atoms with van der Waals surface area (Å²) in [5, 5.41) is 16.3. The Labute approximate surface area is 125 Å². The maximum atomic E-state index is 9.96. The van der Waals surface area contributed by atoms with Gasteiger partial charge in [-0.15, -0.1) is 11.3 Å². The quantitative estimate of drug-likeness (QED) is 0.876. The minimum Gasteiger partial charge on any atom is -0.389 e. The second-order valence-electron chi connectivity index (χ2n) is 4.42. The Morgan fingerprint density at radius 2 is 2.32 bits per heavy atom. The van der Waals surface area contributed by atoms with E-state index in [1.807, 2.05) is 31.4 Å². The molecule has 0 bridgehead atoms. The molecule has 0 aromatic carbocycles. The van der Waals surface area contributed by atoms with E-state index in [9.17, 15) is 5.11 Å². The van der Waals surface area contributed by atoms with Crippen LogP contribution >= 0.6 is 27.3 Å². The van der Waals surface area contributed by atoms with Crippen LogP contribution < -0.4 is 0 Å². The third-order valence-electron chi connectivity index (χ3n) is 2.81. The lowest BCUT2D eigenvalue weighted by molar-refractivity contribution is 0.0193. The van der Waals surface area contributed by atoms with E-state index in [1.54, 1.807) is 16.0 Å². The first-order chi connectivity index (χ1) is 9.08. The highest BCUT2D eigenvalue weighted by Crippen LogP contribution is 2.20. The molecule has 4 nitrogen and oxygen atoms in total. The molecule has 6 heteroatoms. The fraction of sp³-hybridized carbons (Fsp3) is 0.462. The minimum absolute atomic E-state index is 0.313. The average Bonchev–Trinajstić information content (AvgIpc) is 2.96. The maximum Gasteiger partial charge on any atom is 0.0969 e. The molecule has 0 aliphatic heterocycles. The van der Waals surface area contributed by atoms with Crippen LogP contribution in [0.3, 0.4) is 0 Å². The van der Waals surface area contributed by atoms with Crippen molar-refractivity contribution < 1.29 is 9.84 Å². The summed E-state index contributed by atoms with van der Waals surface area (Å²) < 4.78 is 8.30. The molecule has 0 saturated heterocycles. The molecule has 0 aliphatic rings. The number of hydrogen-bond acceptors (Lipinski definition) is 4. The predicted octanol–water partition coefficient (Wildman–Crippen LogP) is 2.90. The Balaban J connectivity index is 1.80. The monoisotopic (exact) mass is 344 g/mol.